The van der Waals surface area contributed by atoms with E-state index in [1.807, 2.05) is 25.1 Å². The highest BCUT2D eigenvalue weighted by atomic mass is 32.1. The van der Waals surface area contributed by atoms with Crippen LogP contribution in [0.2, 0.25) is 0 Å². The smallest absolute Gasteiger partial charge is 0.230 e. The Kier molecular flexibility index (Phi) is 3.93. The van der Waals surface area contributed by atoms with Crippen LogP contribution >= 0.6 is 12.2 Å². The molecule has 0 saturated carbocycles. The lowest BCUT2D eigenvalue weighted by molar-refractivity contribution is -0.121. The molecule has 2 rings (SSSR count). The number of carbonyl (C=O) groups excluding carboxylic acids is 1. The third-order valence-electron chi connectivity index (χ3n) is 3.13. The fourth-order valence-corrected chi connectivity index (χ4v) is 2.19. The van der Waals surface area contributed by atoms with Crippen LogP contribution in [0.1, 0.15) is 18.9 Å². The number of nitrogens with one attached hydrogen (secondary N) is 1. The molecule has 0 radical (unpaired) electrons. The number of hydrogen-bond donors (Lipinski definition) is 2. The fourth-order valence-electron chi connectivity index (χ4n) is 2.06. The monoisotopic (exact) mass is 264 g/mol. The van der Waals surface area contributed by atoms with Crippen molar-refractivity contribution in [3.8, 4) is 0 Å². The van der Waals surface area contributed by atoms with Crippen molar-refractivity contribution in [1.82, 2.24) is 0 Å². The topological polar surface area (TPSA) is 64.3 Å². The number of benzene rings is 1. The van der Waals surface area contributed by atoms with Gasteiger partial charge in [-0.1, -0.05) is 24.4 Å². The summed E-state index contributed by atoms with van der Waals surface area (Å²) in [5, 5.41) is 2.88. The highest BCUT2D eigenvalue weighted by Gasteiger charge is 2.30. The summed E-state index contributed by atoms with van der Waals surface area (Å²) in [4.78, 5) is 12.4. The highest BCUT2D eigenvalue weighted by Crippen LogP contribution is 2.22. The molecule has 3 N–H and O–H groups in total. The molecule has 18 heavy (non-hydrogen) atoms. The Labute approximate surface area is 112 Å². The van der Waals surface area contributed by atoms with Gasteiger partial charge in [0.15, 0.2) is 0 Å². The number of anilines is 1. The SMILES string of the molecule is CC1OCCC1C(=O)Nc1cccc(C(N)=S)c1. The summed E-state index contributed by atoms with van der Waals surface area (Å²) >= 11 is 4.91. The zero-order valence-electron chi connectivity index (χ0n) is 10.2. The maximum Gasteiger partial charge on any atom is 0.230 e. The summed E-state index contributed by atoms with van der Waals surface area (Å²) in [5.41, 5.74) is 7.02. The van der Waals surface area contributed by atoms with Crippen molar-refractivity contribution in [2.75, 3.05) is 11.9 Å². The quantitative estimate of drug-likeness (QED) is 0.815. The Hall–Kier alpha value is -1.46. The Morgan fingerprint density at radius 3 is 2.94 bits per heavy atom. The van der Waals surface area contributed by atoms with E-state index in [2.05, 4.69) is 5.32 Å². The van der Waals surface area contributed by atoms with Crippen LogP contribution in [-0.4, -0.2) is 23.6 Å². The number of hydrogen-bond acceptors (Lipinski definition) is 3. The van der Waals surface area contributed by atoms with Gasteiger partial charge in [0.25, 0.3) is 0 Å². The molecule has 1 aromatic rings. The third kappa shape index (κ3) is 2.86. The molecular weight excluding hydrogens is 248 g/mol. The van der Waals surface area contributed by atoms with E-state index in [1.54, 1.807) is 6.07 Å². The van der Waals surface area contributed by atoms with Gasteiger partial charge in [0.2, 0.25) is 5.91 Å². The van der Waals surface area contributed by atoms with E-state index in [9.17, 15) is 4.79 Å². The Morgan fingerprint density at radius 1 is 1.56 bits per heavy atom. The largest absolute Gasteiger partial charge is 0.389 e. The van der Waals surface area contributed by atoms with Crippen molar-refractivity contribution in [3.05, 3.63) is 29.8 Å². The molecular formula is C13H16N2O2S. The number of thiocarbonyl (C=S) groups is 1. The van der Waals surface area contributed by atoms with E-state index in [-0.39, 0.29) is 17.9 Å². The van der Waals surface area contributed by atoms with Crippen LogP contribution in [-0.2, 0) is 9.53 Å². The normalized spacial score (nSPS) is 22.7. The third-order valence-corrected chi connectivity index (χ3v) is 3.36. The number of rotatable bonds is 3. The number of ether oxygens (including phenoxy) is 1. The maximum atomic E-state index is 12.1. The van der Waals surface area contributed by atoms with Gasteiger partial charge in [-0.25, -0.2) is 0 Å². The first kappa shape index (κ1) is 13.0. The lowest BCUT2D eigenvalue weighted by Crippen LogP contribution is -2.27. The van der Waals surface area contributed by atoms with Crippen LogP contribution in [0, 0.1) is 5.92 Å². The standard InChI is InChI=1S/C13H16N2O2S/c1-8-11(5-6-17-8)13(16)15-10-4-2-3-9(7-10)12(14)18/h2-4,7-8,11H,5-6H2,1H3,(H2,14,18)(H,15,16). The van der Waals surface area contributed by atoms with Crippen molar-refractivity contribution >= 4 is 28.8 Å². The van der Waals surface area contributed by atoms with Crippen LogP contribution in [0.3, 0.4) is 0 Å². The molecule has 2 atom stereocenters. The molecule has 2 unspecified atom stereocenters. The summed E-state index contributed by atoms with van der Waals surface area (Å²) in [7, 11) is 0. The van der Waals surface area contributed by atoms with Gasteiger partial charge in [-0.3, -0.25) is 4.79 Å². The number of amides is 1. The van der Waals surface area contributed by atoms with Crippen molar-refractivity contribution < 1.29 is 9.53 Å². The molecule has 96 valence electrons. The second-order valence-corrected chi connectivity index (χ2v) is 4.85. The molecule has 0 spiro atoms. The molecule has 0 bridgehead atoms. The van der Waals surface area contributed by atoms with E-state index in [0.717, 1.165) is 12.0 Å². The molecule has 1 saturated heterocycles. The van der Waals surface area contributed by atoms with Gasteiger partial charge in [0.05, 0.1) is 12.0 Å². The maximum absolute atomic E-state index is 12.1. The van der Waals surface area contributed by atoms with E-state index >= 15 is 0 Å². The molecule has 1 fully saturated rings. The van der Waals surface area contributed by atoms with Gasteiger partial charge >= 0.3 is 0 Å². The molecule has 1 heterocycles. The van der Waals surface area contributed by atoms with Crippen LogP contribution in [0.15, 0.2) is 24.3 Å². The molecule has 0 aliphatic carbocycles. The number of carbonyl (C=O) groups is 1. The fraction of sp³-hybridized carbons (Fsp3) is 0.385. The van der Waals surface area contributed by atoms with Crippen molar-refractivity contribution in [2.24, 2.45) is 11.7 Å². The first-order valence-electron chi connectivity index (χ1n) is 5.90. The Bertz CT molecular complexity index is 476. The first-order valence-corrected chi connectivity index (χ1v) is 6.31. The lowest BCUT2D eigenvalue weighted by Gasteiger charge is -2.14. The van der Waals surface area contributed by atoms with Crippen LogP contribution in [0.4, 0.5) is 5.69 Å². The Balaban J connectivity index is 2.07. The summed E-state index contributed by atoms with van der Waals surface area (Å²) in [6.45, 7) is 2.56. The van der Waals surface area contributed by atoms with Crippen molar-refractivity contribution in [1.29, 1.82) is 0 Å². The molecule has 4 nitrogen and oxygen atoms in total. The minimum atomic E-state index is -0.0847. The highest BCUT2D eigenvalue weighted by molar-refractivity contribution is 7.80. The predicted molar refractivity (Wildman–Crippen MR) is 74.5 cm³/mol. The lowest BCUT2D eigenvalue weighted by atomic mass is 10.0. The summed E-state index contributed by atoms with van der Waals surface area (Å²) in [5.74, 6) is -0.0985. The summed E-state index contributed by atoms with van der Waals surface area (Å²) in [6, 6.07) is 7.23. The van der Waals surface area contributed by atoms with Crippen molar-refractivity contribution in [2.45, 2.75) is 19.4 Å². The Morgan fingerprint density at radius 2 is 2.33 bits per heavy atom. The van der Waals surface area contributed by atoms with E-state index < -0.39 is 0 Å². The van der Waals surface area contributed by atoms with Crippen LogP contribution in [0.25, 0.3) is 0 Å². The average Bonchev–Trinajstić information content (AvgIpc) is 2.76. The van der Waals surface area contributed by atoms with Gasteiger partial charge in [-0.05, 0) is 25.5 Å². The zero-order valence-corrected chi connectivity index (χ0v) is 11.0. The second kappa shape index (κ2) is 5.46. The zero-order chi connectivity index (χ0) is 13.1. The summed E-state index contributed by atoms with van der Waals surface area (Å²) in [6.07, 6.45) is 0.742. The number of nitrogens with two attached hydrogens (primary N) is 1. The van der Waals surface area contributed by atoms with Crippen LogP contribution in [0.5, 0.6) is 0 Å². The van der Waals surface area contributed by atoms with Gasteiger partial charge in [0, 0.05) is 17.9 Å². The first-order chi connectivity index (χ1) is 8.58. The molecule has 5 heteroatoms. The van der Waals surface area contributed by atoms with Gasteiger partial charge in [-0.2, -0.15) is 0 Å². The van der Waals surface area contributed by atoms with Gasteiger partial charge < -0.3 is 15.8 Å². The van der Waals surface area contributed by atoms with Gasteiger partial charge in [0.1, 0.15) is 4.99 Å². The minimum Gasteiger partial charge on any atom is -0.389 e. The molecule has 0 aromatic heterocycles. The second-order valence-electron chi connectivity index (χ2n) is 4.41. The van der Waals surface area contributed by atoms with Crippen molar-refractivity contribution in [3.63, 3.8) is 0 Å². The van der Waals surface area contributed by atoms with Gasteiger partial charge in [-0.15, -0.1) is 0 Å². The summed E-state index contributed by atoms with van der Waals surface area (Å²) < 4.78 is 5.38. The molecule has 1 amide bonds. The predicted octanol–water partition coefficient (Wildman–Crippen LogP) is 1.68. The molecule has 1 aliphatic heterocycles. The van der Waals surface area contributed by atoms with E-state index in [4.69, 9.17) is 22.7 Å². The average molecular weight is 264 g/mol. The molecule has 1 aliphatic rings. The van der Waals surface area contributed by atoms with E-state index in [0.29, 0.717) is 17.3 Å². The van der Waals surface area contributed by atoms with E-state index in [1.165, 1.54) is 0 Å². The van der Waals surface area contributed by atoms with Crippen LogP contribution < -0.4 is 11.1 Å². The molecule has 1 aromatic carbocycles. The minimum absolute atomic E-state index is 0.0138.